The molecular weight excluding hydrogens is 291 g/mol. The number of halogens is 2. The highest BCUT2D eigenvalue weighted by molar-refractivity contribution is 7.15. The van der Waals surface area contributed by atoms with Crippen molar-refractivity contribution in [2.75, 3.05) is 13.1 Å². The second-order valence-electron chi connectivity index (χ2n) is 4.37. The topological polar surface area (TPSA) is 58.2 Å². The molecule has 0 radical (unpaired) electrons. The molecule has 1 aromatic rings. The molecule has 0 spiro atoms. The van der Waals surface area contributed by atoms with Crippen LogP contribution in [0.4, 0.5) is 4.39 Å². The van der Waals surface area contributed by atoms with Crippen LogP contribution in [0.15, 0.2) is 12.1 Å². The Bertz CT molecular complexity index is 466. The molecule has 2 rings (SSSR count). The number of Topliss-reactive ketones (excluding diaryl/α,β-unsaturated/α-hetero) is 1. The minimum absolute atomic E-state index is 0. The van der Waals surface area contributed by atoms with Crippen molar-refractivity contribution in [2.24, 2.45) is 0 Å². The zero-order valence-electron chi connectivity index (χ0n) is 10.4. The van der Waals surface area contributed by atoms with E-state index in [1.54, 1.807) is 12.1 Å². The Morgan fingerprint density at radius 3 is 2.68 bits per heavy atom. The smallest absolute Gasteiger partial charge is 0.261 e. The summed E-state index contributed by atoms with van der Waals surface area (Å²) < 4.78 is 12.9. The molecule has 0 bridgehead atoms. The number of hydrogen-bond donors (Lipinski definition) is 2. The lowest BCUT2D eigenvalue weighted by atomic mass is 10.2. The molecule has 2 atom stereocenters. The predicted molar refractivity (Wildman–Crippen MR) is 75.2 cm³/mol. The summed E-state index contributed by atoms with van der Waals surface area (Å²) in [6.45, 7) is 2.23. The third kappa shape index (κ3) is 4.26. The van der Waals surface area contributed by atoms with Gasteiger partial charge in [-0.15, -0.1) is 23.7 Å². The van der Waals surface area contributed by atoms with Gasteiger partial charge >= 0.3 is 0 Å². The van der Waals surface area contributed by atoms with E-state index in [-0.39, 0.29) is 30.1 Å². The molecule has 1 aromatic heterocycles. The standard InChI is InChI=1S/C12H15FN2O2S.ClH/c1-7(16)10-2-3-11(18-10)12(17)15-6-9-4-8(13)5-14-9;/h2-3,8-9,14H,4-6H2,1H3,(H,15,17);1H/t8-,9-;/m0./s1. The summed E-state index contributed by atoms with van der Waals surface area (Å²) in [5.41, 5.74) is 0. The molecule has 4 nitrogen and oxygen atoms in total. The summed E-state index contributed by atoms with van der Waals surface area (Å²) in [4.78, 5) is 24.0. The SMILES string of the molecule is CC(=O)c1ccc(C(=O)NC[C@@H]2C[C@H](F)CN2)s1.Cl. The van der Waals surface area contributed by atoms with Crippen molar-refractivity contribution in [3.05, 3.63) is 21.9 Å². The second-order valence-corrected chi connectivity index (χ2v) is 5.45. The second kappa shape index (κ2) is 6.98. The molecule has 7 heteroatoms. The monoisotopic (exact) mass is 306 g/mol. The Hall–Kier alpha value is -0.980. The lowest BCUT2D eigenvalue weighted by molar-refractivity contribution is 0.0953. The molecule has 2 heterocycles. The first-order valence-corrected chi connectivity index (χ1v) is 6.64. The van der Waals surface area contributed by atoms with Gasteiger partial charge in [-0.1, -0.05) is 0 Å². The fourth-order valence-electron chi connectivity index (χ4n) is 1.88. The first-order chi connectivity index (χ1) is 8.56. The number of hydrogen-bond acceptors (Lipinski definition) is 4. The fraction of sp³-hybridized carbons (Fsp3) is 0.500. The Kier molecular flexibility index (Phi) is 5.90. The van der Waals surface area contributed by atoms with Crippen molar-refractivity contribution in [3.8, 4) is 0 Å². The largest absolute Gasteiger partial charge is 0.350 e. The molecule has 1 amide bonds. The Balaban J connectivity index is 0.00000180. The van der Waals surface area contributed by atoms with Crippen molar-refractivity contribution in [1.29, 1.82) is 0 Å². The summed E-state index contributed by atoms with van der Waals surface area (Å²) in [6.07, 6.45) is -0.387. The average molecular weight is 307 g/mol. The van der Waals surface area contributed by atoms with Crippen LogP contribution in [0.1, 0.15) is 32.7 Å². The summed E-state index contributed by atoms with van der Waals surface area (Å²) in [5.74, 6) is -0.256. The van der Waals surface area contributed by atoms with Crippen LogP contribution in [0.25, 0.3) is 0 Å². The molecule has 2 N–H and O–H groups in total. The van der Waals surface area contributed by atoms with Crippen LogP contribution in [0.2, 0.25) is 0 Å². The van der Waals surface area contributed by atoms with E-state index in [1.165, 1.54) is 18.3 Å². The van der Waals surface area contributed by atoms with Gasteiger partial charge in [0.05, 0.1) is 9.75 Å². The Labute approximate surface area is 121 Å². The van der Waals surface area contributed by atoms with Crippen molar-refractivity contribution in [1.82, 2.24) is 10.6 Å². The maximum atomic E-state index is 12.9. The number of carbonyl (C=O) groups is 2. The van der Waals surface area contributed by atoms with Gasteiger partial charge < -0.3 is 10.6 Å². The van der Waals surface area contributed by atoms with E-state index in [2.05, 4.69) is 10.6 Å². The van der Waals surface area contributed by atoms with Crippen LogP contribution in [-0.4, -0.2) is 37.0 Å². The van der Waals surface area contributed by atoms with Gasteiger partial charge in [-0.25, -0.2) is 4.39 Å². The minimum Gasteiger partial charge on any atom is -0.350 e. The summed E-state index contributed by atoms with van der Waals surface area (Å²) >= 11 is 1.18. The van der Waals surface area contributed by atoms with E-state index < -0.39 is 6.17 Å². The highest BCUT2D eigenvalue weighted by Gasteiger charge is 2.23. The zero-order valence-corrected chi connectivity index (χ0v) is 12.1. The maximum absolute atomic E-state index is 12.9. The van der Waals surface area contributed by atoms with E-state index in [1.807, 2.05) is 0 Å². The van der Waals surface area contributed by atoms with E-state index in [0.29, 0.717) is 29.3 Å². The Morgan fingerprint density at radius 2 is 2.16 bits per heavy atom. The first kappa shape index (κ1) is 16.1. The molecule has 1 aliphatic rings. The normalized spacial score (nSPS) is 21.8. The molecule has 19 heavy (non-hydrogen) atoms. The van der Waals surface area contributed by atoms with Gasteiger partial charge in [-0.3, -0.25) is 9.59 Å². The zero-order chi connectivity index (χ0) is 13.1. The van der Waals surface area contributed by atoms with Crippen LogP contribution in [0.5, 0.6) is 0 Å². The number of rotatable bonds is 4. The number of amides is 1. The molecular formula is C12H16ClFN2O2S. The quantitative estimate of drug-likeness (QED) is 0.834. The van der Waals surface area contributed by atoms with Gasteiger partial charge in [0.1, 0.15) is 6.17 Å². The Morgan fingerprint density at radius 1 is 1.47 bits per heavy atom. The highest BCUT2D eigenvalue weighted by atomic mass is 35.5. The highest BCUT2D eigenvalue weighted by Crippen LogP contribution is 2.17. The number of nitrogens with one attached hydrogen (secondary N) is 2. The van der Waals surface area contributed by atoms with Gasteiger partial charge in [0, 0.05) is 19.1 Å². The van der Waals surface area contributed by atoms with Crippen LogP contribution in [0.3, 0.4) is 0 Å². The lowest BCUT2D eigenvalue weighted by Gasteiger charge is -2.10. The molecule has 0 unspecified atom stereocenters. The van der Waals surface area contributed by atoms with Crippen LogP contribution in [0, 0.1) is 0 Å². The molecule has 1 fully saturated rings. The molecule has 1 saturated heterocycles. The third-order valence-electron chi connectivity index (χ3n) is 2.85. The molecule has 106 valence electrons. The number of carbonyl (C=O) groups excluding carboxylic acids is 2. The average Bonchev–Trinajstić information content (AvgIpc) is 2.94. The van der Waals surface area contributed by atoms with Crippen LogP contribution in [-0.2, 0) is 0 Å². The number of thiophene rings is 1. The van der Waals surface area contributed by atoms with Crippen molar-refractivity contribution in [3.63, 3.8) is 0 Å². The van der Waals surface area contributed by atoms with Gasteiger partial charge in [0.15, 0.2) is 5.78 Å². The summed E-state index contributed by atoms with van der Waals surface area (Å²) in [6, 6.07) is 3.28. The van der Waals surface area contributed by atoms with Gasteiger partial charge in [-0.2, -0.15) is 0 Å². The van der Waals surface area contributed by atoms with Crippen molar-refractivity contribution >= 4 is 35.4 Å². The van der Waals surface area contributed by atoms with E-state index in [9.17, 15) is 14.0 Å². The third-order valence-corrected chi connectivity index (χ3v) is 4.04. The summed E-state index contributed by atoms with van der Waals surface area (Å²) in [7, 11) is 0. The van der Waals surface area contributed by atoms with Crippen molar-refractivity contribution in [2.45, 2.75) is 25.6 Å². The molecule has 1 aliphatic heterocycles. The van der Waals surface area contributed by atoms with Gasteiger partial charge in [0.2, 0.25) is 0 Å². The summed E-state index contributed by atoms with van der Waals surface area (Å²) in [5, 5.41) is 5.74. The number of ketones is 1. The van der Waals surface area contributed by atoms with Crippen LogP contribution >= 0.6 is 23.7 Å². The maximum Gasteiger partial charge on any atom is 0.261 e. The predicted octanol–water partition coefficient (Wildman–Crippen LogP) is 1.80. The first-order valence-electron chi connectivity index (χ1n) is 5.82. The van der Waals surface area contributed by atoms with E-state index in [0.717, 1.165) is 0 Å². The van der Waals surface area contributed by atoms with Crippen molar-refractivity contribution < 1.29 is 14.0 Å². The van der Waals surface area contributed by atoms with Gasteiger partial charge in [0.25, 0.3) is 5.91 Å². The van der Waals surface area contributed by atoms with Crippen LogP contribution < -0.4 is 10.6 Å². The van der Waals surface area contributed by atoms with E-state index >= 15 is 0 Å². The number of alkyl halides is 1. The lowest BCUT2D eigenvalue weighted by Crippen LogP contribution is -2.36. The molecule has 0 aliphatic carbocycles. The molecule has 0 saturated carbocycles. The van der Waals surface area contributed by atoms with E-state index in [4.69, 9.17) is 0 Å². The molecule has 0 aromatic carbocycles. The minimum atomic E-state index is -0.821. The fourth-order valence-corrected chi connectivity index (χ4v) is 2.70. The van der Waals surface area contributed by atoms with Gasteiger partial charge in [-0.05, 0) is 25.5 Å².